The predicted octanol–water partition coefficient (Wildman–Crippen LogP) is 1.74. The maximum absolute atomic E-state index is 11.4. The number of hydrogen-bond acceptors (Lipinski definition) is 3. The first-order chi connectivity index (χ1) is 8.97. The highest BCUT2D eigenvalue weighted by Gasteiger charge is 2.35. The summed E-state index contributed by atoms with van der Waals surface area (Å²) in [5.41, 5.74) is 1.13. The van der Waals surface area contributed by atoms with Gasteiger partial charge >= 0.3 is 5.97 Å². The summed E-state index contributed by atoms with van der Waals surface area (Å²) >= 11 is 0. The van der Waals surface area contributed by atoms with Gasteiger partial charge in [0.25, 0.3) is 0 Å². The third-order valence-electron chi connectivity index (χ3n) is 4.15. The molecule has 19 heavy (non-hydrogen) atoms. The fraction of sp³-hybridized carbons (Fsp3) is 0.714. The quantitative estimate of drug-likeness (QED) is 0.901. The van der Waals surface area contributed by atoms with Gasteiger partial charge in [-0.1, -0.05) is 6.92 Å². The zero-order valence-electron chi connectivity index (χ0n) is 11.9. The third-order valence-corrected chi connectivity index (χ3v) is 4.15. The Labute approximate surface area is 114 Å². The van der Waals surface area contributed by atoms with Gasteiger partial charge in [-0.15, -0.1) is 0 Å². The molecule has 1 aromatic heterocycles. The van der Waals surface area contributed by atoms with Crippen LogP contribution in [0.3, 0.4) is 0 Å². The molecular weight excluding hydrogens is 242 g/mol. The molecule has 1 fully saturated rings. The van der Waals surface area contributed by atoms with Crippen LogP contribution in [-0.4, -0.2) is 38.8 Å². The Morgan fingerprint density at radius 1 is 1.58 bits per heavy atom. The maximum atomic E-state index is 11.4. The van der Waals surface area contributed by atoms with Gasteiger partial charge in [-0.2, -0.15) is 5.10 Å². The number of rotatable bonds is 4. The molecule has 5 nitrogen and oxygen atoms in total. The van der Waals surface area contributed by atoms with E-state index < -0.39 is 5.97 Å². The minimum atomic E-state index is -0.657. The molecule has 3 unspecified atom stereocenters. The Hall–Kier alpha value is -1.36. The number of hydrogen-bond donors (Lipinski definition) is 1. The van der Waals surface area contributed by atoms with Crippen molar-refractivity contribution < 1.29 is 9.90 Å². The lowest BCUT2D eigenvalue weighted by Gasteiger charge is -2.38. The molecule has 1 N–H and O–H groups in total. The van der Waals surface area contributed by atoms with Gasteiger partial charge in [-0.25, -0.2) is 0 Å². The maximum Gasteiger partial charge on any atom is 0.308 e. The second kappa shape index (κ2) is 5.74. The fourth-order valence-corrected chi connectivity index (χ4v) is 3.08. The van der Waals surface area contributed by atoms with Crippen LogP contribution in [0.4, 0.5) is 0 Å². The first-order valence-electron chi connectivity index (χ1n) is 6.88. The Morgan fingerprint density at radius 2 is 2.32 bits per heavy atom. The number of aryl methyl sites for hydroxylation is 1. The number of carbonyl (C=O) groups is 1. The SMILES string of the molecule is CC1CCC(C(=O)O)C(N(C)Cc2cnn(C)c2)C1. The van der Waals surface area contributed by atoms with Crippen molar-refractivity contribution in [3.05, 3.63) is 18.0 Å². The number of carboxylic acids is 1. The van der Waals surface area contributed by atoms with Crippen molar-refractivity contribution in [1.82, 2.24) is 14.7 Å². The summed E-state index contributed by atoms with van der Waals surface area (Å²) in [6.45, 7) is 2.97. The van der Waals surface area contributed by atoms with E-state index in [0.29, 0.717) is 5.92 Å². The van der Waals surface area contributed by atoms with Crippen molar-refractivity contribution in [1.29, 1.82) is 0 Å². The molecule has 1 saturated carbocycles. The summed E-state index contributed by atoms with van der Waals surface area (Å²) in [4.78, 5) is 13.6. The van der Waals surface area contributed by atoms with E-state index in [-0.39, 0.29) is 12.0 Å². The summed E-state index contributed by atoms with van der Waals surface area (Å²) in [6.07, 6.45) is 6.61. The lowest BCUT2D eigenvalue weighted by atomic mass is 9.78. The van der Waals surface area contributed by atoms with Crippen LogP contribution in [0.25, 0.3) is 0 Å². The van der Waals surface area contributed by atoms with Crippen LogP contribution in [0.1, 0.15) is 31.7 Å². The van der Waals surface area contributed by atoms with Gasteiger partial charge in [0.1, 0.15) is 0 Å². The lowest BCUT2D eigenvalue weighted by Crippen LogP contribution is -2.44. The Kier molecular flexibility index (Phi) is 4.24. The highest BCUT2D eigenvalue weighted by molar-refractivity contribution is 5.71. The average molecular weight is 265 g/mol. The molecule has 1 heterocycles. The zero-order valence-corrected chi connectivity index (χ0v) is 11.9. The van der Waals surface area contributed by atoms with Crippen molar-refractivity contribution in [2.24, 2.45) is 18.9 Å². The van der Waals surface area contributed by atoms with E-state index in [1.54, 1.807) is 4.68 Å². The highest BCUT2D eigenvalue weighted by Crippen LogP contribution is 2.32. The molecule has 0 saturated heterocycles. The molecule has 0 radical (unpaired) electrons. The Morgan fingerprint density at radius 3 is 2.89 bits per heavy atom. The number of aliphatic carboxylic acids is 1. The predicted molar refractivity (Wildman–Crippen MR) is 72.6 cm³/mol. The van der Waals surface area contributed by atoms with E-state index >= 15 is 0 Å². The van der Waals surface area contributed by atoms with Crippen LogP contribution in [-0.2, 0) is 18.4 Å². The monoisotopic (exact) mass is 265 g/mol. The van der Waals surface area contributed by atoms with Gasteiger partial charge in [0, 0.05) is 31.4 Å². The van der Waals surface area contributed by atoms with E-state index in [2.05, 4.69) is 16.9 Å². The van der Waals surface area contributed by atoms with Crippen molar-refractivity contribution in [3.8, 4) is 0 Å². The topological polar surface area (TPSA) is 58.4 Å². The van der Waals surface area contributed by atoms with Crippen molar-refractivity contribution in [2.45, 2.75) is 38.8 Å². The molecule has 1 aliphatic carbocycles. The second-order valence-electron chi connectivity index (χ2n) is 5.87. The van der Waals surface area contributed by atoms with Crippen LogP contribution < -0.4 is 0 Å². The molecule has 5 heteroatoms. The van der Waals surface area contributed by atoms with Crippen LogP contribution in [0.2, 0.25) is 0 Å². The summed E-state index contributed by atoms with van der Waals surface area (Å²) in [6, 6.07) is 0.126. The minimum absolute atomic E-state index is 0.126. The molecule has 106 valence electrons. The average Bonchev–Trinajstić information content (AvgIpc) is 2.74. The summed E-state index contributed by atoms with van der Waals surface area (Å²) in [7, 11) is 3.91. The number of carboxylic acid groups (broad SMARTS) is 1. The molecule has 0 aliphatic heterocycles. The fourth-order valence-electron chi connectivity index (χ4n) is 3.08. The smallest absolute Gasteiger partial charge is 0.308 e. The molecule has 0 amide bonds. The van der Waals surface area contributed by atoms with Crippen molar-refractivity contribution in [3.63, 3.8) is 0 Å². The first-order valence-corrected chi connectivity index (χ1v) is 6.88. The van der Waals surface area contributed by atoms with Gasteiger partial charge in [-0.05, 0) is 32.2 Å². The van der Waals surface area contributed by atoms with Crippen LogP contribution in [0.15, 0.2) is 12.4 Å². The van der Waals surface area contributed by atoms with Gasteiger partial charge in [-0.3, -0.25) is 14.4 Å². The molecule has 0 aromatic carbocycles. The molecule has 3 atom stereocenters. The van der Waals surface area contributed by atoms with E-state index in [1.807, 2.05) is 26.5 Å². The Balaban J connectivity index is 2.05. The van der Waals surface area contributed by atoms with E-state index in [9.17, 15) is 9.90 Å². The first kappa shape index (κ1) is 14.1. The number of aromatic nitrogens is 2. The summed E-state index contributed by atoms with van der Waals surface area (Å²) in [5.74, 6) is -0.287. The molecular formula is C14H23N3O2. The van der Waals surface area contributed by atoms with Gasteiger partial charge in [0.15, 0.2) is 0 Å². The molecule has 0 bridgehead atoms. The van der Waals surface area contributed by atoms with Gasteiger partial charge in [0.2, 0.25) is 0 Å². The number of nitrogens with zero attached hydrogens (tertiary/aromatic N) is 3. The van der Waals surface area contributed by atoms with Crippen molar-refractivity contribution >= 4 is 5.97 Å². The van der Waals surface area contributed by atoms with Crippen LogP contribution in [0.5, 0.6) is 0 Å². The second-order valence-corrected chi connectivity index (χ2v) is 5.87. The Bertz CT molecular complexity index is 444. The zero-order chi connectivity index (χ0) is 14.0. The van der Waals surface area contributed by atoms with Crippen molar-refractivity contribution in [2.75, 3.05) is 7.05 Å². The third kappa shape index (κ3) is 3.35. The molecule has 1 aromatic rings. The van der Waals surface area contributed by atoms with Crippen LogP contribution in [0, 0.1) is 11.8 Å². The largest absolute Gasteiger partial charge is 0.481 e. The van der Waals surface area contributed by atoms with E-state index in [4.69, 9.17) is 0 Å². The van der Waals surface area contributed by atoms with Gasteiger partial charge < -0.3 is 5.11 Å². The van der Waals surface area contributed by atoms with E-state index in [1.165, 1.54) is 0 Å². The molecule has 2 rings (SSSR count). The standard InChI is InChI=1S/C14H23N3O2/c1-10-4-5-12(14(18)19)13(6-10)16(2)8-11-7-15-17(3)9-11/h7,9-10,12-13H,4-6,8H2,1-3H3,(H,18,19). The molecule has 1 aliphatic rings. The van der Waals surface area contributed by atoms with Crippen LogP contribution >= 0.6 is 0 Å². The molecule has 0 spiro atoms. The highest BCUT2D eigenvalue weighted by atomic mass is 16.4. The normalized spacial score (nSPS) is 27.7. The lowest BCUT2D eigenvalue weighted by molar-refractivity contribution is -0.146. The van der Waals surface area contributed by atoms with E-state index in [0.717, 1.165) is 31.4 Å². The van der Waals surface area contributed by atoms with Gasteiger partial charge in [0.05, 0.1) is 12.1 Å². The summed E-state index contributed by atoms with van der Waals surface area (Å²) < 4.78 is 1.78. The minimum Gasteiger partial charge on any atom is -0.481 e. The summed E-state index contributed by atoms with van der Waals surface area (Å²) in [5, 5.41) is 13.5.